The summed E-state index contributed by atoms with van der Waals surface area (Å²) in [7, 11) is 2.08. The van der Waals surface area contributed by atoms with Crippen molar-refractivity contribution < 1.29 is 9.59 Å². The van der Waals surface area contributed by atoms with Crippen LogP contribution >= 0.6 is 11.8 Å². The third-order valence-electron chi connectivity index (χ3n) is 4.34. The number of hydrogen-bond donors (Lipinski definition) is 2. The number of urea groups is 1. The molecule has 1 aliphatic heterocycles. The number of para-hydroxylation sites is 1. The second kappa shape index (κ2) is 7.70. The number of carbonyl (C=O) groups is 2. The first-order valence-electron chi connectivity index (χ1n) is 7.68. The Kier molecular flexibility index (Phi) is 5.90. The molecule has 1 saturated heterocycles. The molecule has 0 bridgehead atoms. The van der Waals surface area contributed by atoms with Gasteiger partial charge in [0.1, 0.15) is 0 Å². The van der Waals surface area contributed by atoms with E-state index >= 15 is 0 Å². The van der Waals surface area contributed by atoms with Gasteiger partial charge in [0, 0.05) is 30.1 Å². The van der Waals surface area contributed by atoms with E-state index in [9.17, 15) is 9.59 Å². The molecule has 1 aliphatic rings. The topological polar surface area (TPSA) is 78.7 Å². The zero-order valence-corrected chi connectivity index (χ0v) is 14.6. The first-order chi connectivity index (χ1) is 10.9. The van der Waals surface area contributed by atoms with Gasteiger partial charge in [-0.05, 0) is 33.0 Å². The van der Waals surface area contributed by atoms with Gasteiger partial charge in [0.15, 0.2) is 0 Å². The molecule has 23 heavy (non-hydrogen) atoms. The summed E-state index contributed by atoms with van der Waals surface area (Å²) >= 11 is 1.33. The number of amides is 3. The number of piperazine rings is 1. The number of primary amides is 1. The molecule has 0 radical (unpaired) electrons. The summed E-state index contributed by atoms with van der Waals surface area (Å²) in [4.78, 5) is 28.5. The third kappa shape index (κ3) is 4.39. The maximum atomic E-state index is 12.6. The molecule has 0 unspecified atom stereocenters. The molecular formula is C16H24N4O2S. The lowest BCUT2D eigenvalue weighted by Crippen LogP contribution is -2.58. The highest BCUT2D eigenvalue weighted by atomic mass is 32.2. The van der Waals surface area contributed by atoms with Gasteiger partial charge >= 0.3 is 6.03 Å². The first kappa shape index (κ1) is 17.6. The number of nitrogens with two attached hydrogens (primary N) is 1. The van der Waals surface area contributed by atoms with Crippen molar-refractivity contribution in [2.45, 2.75) is 30.8 Å². The number of thioether (sulfide) groups is 1. The smallest absolute Gasteiger partial charge is 0.322 e. The largest absolute Gasteiger partial charge is 0.369 e. The van der Waals surface area contributed by atoms with Crippen LogP contribution in [0.5, 0.6) is 0 Å². The molecule has 0 aromatic heterocycles. The second-order valence-electron chi connectivity index (χ2n) is 5.84. The van der Waals surface area contributed by atoms with Crippen molar-refractivity contribution in [3.63, 3.8) is 0 Å². The molecule has 1 heterocycles. The van der Waals surface area contributed by atoms with E-state index in [1.54, 1.807) is 0 Å². The van der Waals surface area contributed by atoms with Crippen molar-refractivity contribution in [2.75, 3.05) is 31.2 Å². The van der Waals surface area contributed by atoms with Gasteiger partial charge in [-0.3, -0.25) is 9.69 Å². The standard InChI is InChI=1S/C16H24N4O2S/c1-11-12(2)20(9-8-19(11)3)16(22)18-13-6-4-5-7-14(13)23-10-15(17)21/h4-7,11-12H,8-10H2,1-3H3,(H2,17,21)(H,18,22)/t11-,12+/m1/s1. The number of hydrogen-bond acceptors (Lipinski definition) is 4. The molecule has 1 aromatic rings. The Balaban J connectivity index is 2.07. The number of anilines is 1. The lowest BCUT2D eigenvalue weighted by Gasteiger charge is -2.43. The highest BCUT2D eigenvalue weighted by molar-refractivity contribution is 8.00. The Bertz CT molecular complexity index is 581. The van der Waals surface area contributed by atoms with Crippen LogP contribution in [0.3, 0.4) is 0 Å². The first-order valence-corrected chi connectivity index (χ1v) is 8.66. The number of nitrogens with one attached hydrogen (secondary N) is 1. The predicted molar refractivity (Wildman–Crippen MR) is 93.6 cm³/mol. The molecule has 3 amide bonds. The van der Waals surface area contributed by atoms with Gasteiger partial charge in [-0.25, -0.2) is 4.79 Å². The molecule has 126 valence electrons. The van der Waals surface area contributed by atoms with E-state index in [4.69, 9.17) is 5.73 Å². The molecule has 3 N–H and O–H groups in total. The van der Waals surface area contributed by atoms with Crippen LogP contribution in [0.1, 0.15) is 13.8 Å². The second-order valence-corrected chi connectivity index (χ2v) is 6.85. The molecule has 6 nitrogen and oxygen atoms in total. The van der Waals surface area contributed by atoms with Crippen LogP contribution in [0, 0.1) is 0 Å². The summed E-state index contributed by atoms with van der Waals surface area (Å²) < 4.78 is 0. The fourth-order valence-corrected chi connectivity index (χ4v) is 3.37. The number of rotatable bonds is 4. The molecule has 0 saturated carbocycles. The van der Waals surface area contributed by atoms with E-state index in [0.29, 0.717) is 18.3 Å². The normalized spacial score (nSPS) is 22.0. The van der Waals surface area contributed by atoms with Gasteiger partial charge in [-0.2, -0.15) is 0 Å². The minimum Gasteiger partial charge on any atom is -0.369 e. The summed E-state index contributed by atoms with van der Waals surface area (Å²) in [6, 6.07) is 7.79. The average Bonchev–Trinajstić information content (AvgIpc) is 2.51. The van der Waals surface area contributed by atoms with Crippen molar-refractivity contribution in [1.82, 2.24) is 9.80 Å². The third-order valence-corrected chi connectivity index (χ3v) is 5.43. The Morgan fingerprint density at radius 1 is 1.26 bits per heavy atom. The zero-order chi connectivity index (χ0) is 17.0. The molecule has 0 aliphatic carbocycles. The van der Waals surface area contributed by atoms with E-state index in [1.165, 1.54) is 11.8 Å². The maximum Gasteiger partial charge on any atom is 0.322 e. The van der Waals surface area contributed by atoms with Gasteiger partial charge in [-0.1, -0.05) is 12.1 Å². The predicted octanol–water partition coefficient (Wildman–Crippen LogP) is 1.82. The minimum absolute atomic E-state index is 0.107. The van der Waals surface area contributed by atoms with E-state index in [0.717, 1.165) is 11.4 Å². The van der Waals surface area contributed by atoms with Crippen LogP contribution in [0.25, 0.3) is 0 Å². The average molecular weight is 336 g/mol. The van der Waals surface area contributed by atoms with Crippen LogP contribution < -0.4 is 11.1 Å². The van der Waals surface area contributed by atoms with Crippen molar-refractivity contribution in [1.29, 1.82) is 0 Å². The summed E-state index contributed by atoms with van der Waals surface area (Å²) in [5, 5.41) is 2.97. The molecule has 1 fully saturated rings. The van der Waals surface area contributed by atoms with Crippen LogP contribution in [0.2, 0.25) is 0 Å². The van der Waals surface area contributed by atoms with Gasteiger partial charge in [0.25, 0.3) is 0 Å². The summed E-state index contributed by atoms with van der Waals surface area (Å²) in [5.41, 5.74) is 5.91. The quantitative estimate of drug-likeness (QED) is 0.822. The fraction of sp³-hybridized carbons (Fsp3) is 0.500. The lowest BCUT2D eigenvalue weighted by atomic mass is 10.1. The Labute approximate surface area is 141 Å². The van der Waals surface area contributed by atoms with Crippen LogP contribution in [0.4, 0.5) is 10.5 Å². The SMILES string of the molecule is C[C@@H]1[C@H](C)N(C(=O)Nc2ccccc2SCC(N)=O)CCN1C. The molecule has 7 heteroatoms. The van der Waals surface area contributed by atoms with Crippen molar-refractivity contribution in [3.8, 4) is 0 Å². The van der Waals surface area contributed by atoms with Crippen molar-refractivity contribution >= 4 is 29.4 Å². The van der Waals surface area contributed by atoms with Crippen LogP contribution in [0.15, 0.2) is 29.2 Å². The van der Waals surface area contributed by atoms with Gasteiger partial charge < -0.3 is 16.0 Å². The summed E-state index contributed by atoms with van der Waals surface area (Å²) in [6.45, 7) is 5.75. The highest BCUT2D eigenvalue weighted by Gasteiger charge is 2.31. The molecule has 0 spiro atoms. The van der Waals surface area contributed by atoms with Crippen molar-refractivity contribution in [2.24, 2.45) is 5.73 Å². The van der Waals surface area contributed by atoms with Gasteiger partial charge in [0.05, 0.1) is 11.4 Å². The highest BCUT2D eigenvalue weighted by Crippen LogP contribution is 2.27. The molecule has 2 rings (SSSR count). The van der Waals surface area contributed by atoms with Crippen LogP contribution in [-0.4, -0.2) is 59.7 Å². The van der Waals surface area contributed by atoms with E-state index in [-0.39, 0.29) is 23.7 Å². The number of likely N-dealkylation sites (N-methyl/N-ethyl adjacent to an activating group) is 1. The van der Waals surface area contributed by atoms with E-state index in [2.05, 4.69) is 31.1 Å². The maximum absolute atomic E-state index is 12.6. The fourth-order valence-electron chi connectivity index (χ4n) is 2.62. The summed E-state index contributed by atoms with van der Waals surface area (Å²) in [5.74, 6) is -0.188. The Hall–Kier alpha value is -1.73. The number of nitrogens with zero attached hydrogens (tertiary/aromatic N) is 2. The zero-order valence-electron chi connectivity index (χ0n) is 13.8. The Morgan fingerprint density at radius 3 is 2.65 bits per heavy atom. The Morgan fingerprint density at radius 2 is 1.96 bits per heavy atom. The van der Waals surface area contributed by atoms with Gasteiger partial charge in [-0.15, -0.1) is 11.8 Å². The molecular weight excluding hydrogens is 312 g/mol. The van der Waals surface area contributed by atoms with Crippen LogP contribution in [-0.2, 0) is 4.79 Å². The molecule has 1 aromatic carbocycles. The molecule has 2 atom stereocenters. The minimum atomic E-state index is -0.377. The van der Waals surface area contributed by atoms with E-state index < -0.39 is 0 Å². The van der Waals surface area contributed by atoms with Gasteiger partial charge in [0.2, 0.25) is 5.91 Å². The lowest BCUT2D eigenvalue weighted by molar-refractivity contribution is -0.115. The number of carbonyl (C=O) groups excluding carboxylic acids is 2. The summed E-state index contributed by atoms with van der Waals surface area (Å²) in [6.07, 6.45) is 0. The van der Waals surface area contributed by atoms with Crippen molar-refractivity contribution in [3.05, 3.63) is 24.3 Å². The van der Waals surface area contributed by atoms with E-state index in [1.807, 2.05) is 29.2 Å². The monoisotopic (exact) mass is 336 g/mol. The number of benzene rings is 1.